The second kappa shape index (κ2) is 8.39. The maximum absolute atomic E-state index is 12.5. The van der Waals surface area contributed by atoms with Crippen LogP contribution in [-0.2, 0) is 21.2 Å². The number of rotatable bonds is 6. The van der Waals surface area contributed by atoms with Gasteiger partial charge < -0.3 is 5.32 Å². The first-order valence-corrected chi connectivity index (χ1v) is 12.8. The zero-order valence-corrected chi connectivity index (χ0v) is 18.8. The van der Waals surface area contributed by atoms with Gasteiger partial charge in [0.15, 0.2) is 0 Å². The zero-order valence-electron chi connectivity index (χ0n) is 17.1. The number of sulfonamides is 1. The molecular weight excluding hydrogens is 420 g/mol. The second-order valence-electron chi connectivity index (χ2n) is 7.93. The molecule has 0 spiro atoms. The molecule has 4 rings (SSSR count). The van der Waals surface area contributed by atoms with Gasteiger partial charge in [0.2, 0.25) is 15.9 Å². The Morgan fingerprint density at radius 1 is 1.17 bits per heavy atom. The average molecular weight is 447 g/mol. The quantitative estimate of drug-likeness (QED) is 0.584. The highest BCUT2D eigenvalue weighted by molar-refractivity contribution is 7.92. The summed E-state index contributed by atoms with van der Waals surface area (Å²) in [6, 6.07) is 9.16. The topological polar surface area (TPSA) is 93.1 Å². The van der Waals surface area contributed by atoms with E-state index in [2.05, 4.69) is 20.8 Å². The third-order valence-electron chi connectivity index (χ3n) is 5.35. The standard InChI is InChI=1S/C21H26N4O3S2/c1-14-19-12-18(29-21(19)25(23-14)17-6-4-3-5-7-17)13-20(26)22-15-8-10-16(11-9-15)24-30(2,27)28/h8-12,17,24H,3-7,13H2,1-2H3,(H,22,26). The average Bonchev–Trinajstić information content (AvgIpc) is 3.22. The van der Waals surface area contributed by atoms with Crippen LogP contribution >= 0.6 is 11.3 Å². The number of nitrogens with zero attached hydrogens (tertiary/aromatic N) is 2. The van der Waals surface area contributed by atoms with Crippen LogP contribution in [0, 0.1) is 6.92 Å². The van der Waals surface area contributed by atoms with E-state index >= 15 is 0 Å². The number of hydrogen-bond acceptors (Lipinski definition) is 5. The molecule has 1 aliphatic carbocycles. The van der Waals surface area contributed by atoms with Crippen LogP contribution in [0.3, 0.4) is 0 Å². The Labute approximate surface area is 180 Å². The summed E-state index contributed by atoms with van der Waals surface area (Å²) in [5.74, 6) is -0.0995. The van der Waals surface area contributed by atoms with Crippen molar-refractivity contribution in [1.29, 1.82) is 0 Å². The van der Waals surface area contributed by atoms with Gasteiger partial charge in [-0.3, -0.25) is 14.2 Å². The lowest BCUT2D eigenvalue weighted by molar-refractivity contribution is -0.115. The van der Waals surface area contributed by atoms with Crippen LogP contribution in [0.1, 0.15) is 48.7 Å². The Balaban J connectivity index is 1.44. The van der Waals surface area contributed by atoms with E-state index in [-0.39, 0.29) is 5.91 Å². The number of thiophene rings is 1. The number of aryl methyl sites for hydroxylation is 1. The molecular formula is C21H26N4O3S2. The number of benzene rings is 1. The SMILES string of the molecule is Cc1nn(C2CCCCC2)c2sc(CC(=O)Nc3ccc(NS(C)(=O)=O)cc3)cc12. The Morgan fingerprint density at radius 3 is 2.50 bits per heavy atom. The molecule has 1 fully saturated rings. The summed E-state index contributed by atoms with van der Waals surface area (Å²) in [6.45, 7) is 2.03. The van der Waals surface area contributed by atoms with E-state index in [1.54, 1.807) is 35.6 Å². The molecule has 1 aromatic carbocycles. The van der Waals surface area contributed by atoms with E-state index in [1.807, 2.05) is 6.92 Å². The Hall–Kier alpha value is -2.39. The fraction of sp³-hybridized carbons (Fsp3) is 0.429. The van der Waals surface area contributed by atoms with E-state index < -0.39 is 10.0 Å². The van der Waals surface area contributed by atoms with Gasteiger partial charge >= 0.3 is 0 Å². The minimum atomic E-state index is -3.32. The van der Waals surface area contributed by atoms with Crippen LogP contribution in [0.4, 0.5) is 11.4 Å². The number of hydrogen-bond donors (Lipinski definition) is 2. The molecule has 2 heterocycles. The number of anilines is 2. The van der Waals surface area contributed by atoms with E-state index in [0.29, 0.717) is 23.8 Å². The number of fused-ring (bicyclic) bond motifs is 1. The van der Waals surface area contributed by atoms with Gasteiger partial charge in [-0.1, -0.05) is 19.3 Å². The van der Waals surface area contributed by atoms with Gasteiger partial charge in [0.05, 0.1) is 24.4 Å². The van der Waals surface area contributed by atoms with Crippen molar-refractivity contribution < 1.29 is 13.2 Å². The predicted octanol–water partition coefficient (Wildman–Crippen LogP) is 4.46. The first-order valence-electron chi connectivity index (χ1n) is 10.1. The molecule has 0 atom stereocenters. The summed E-state index contributed by atoms with van der Waals surface area (Å²) in [5, 5.41) is 8.79. The Kier molecular flexibility index (Phi) is 5.84. The second-order valence-corrected chi connectivity index (χ2v) is 10.8. The lowest BCUT2D eigenvalue weighted by atomic mass is 9.96. The molecule has 0 unspecified atom stereocenters. The minimum absolute atomic E-state index is 0.0995. The highest BCUT2D eigenvalue weighted by Gasteiger charge is 2.21. The number of amides is 1. The number of carbonyl (C=O) groups excluding carboxylic acids is 1. The molecule has 30 heavy (non-hydrogen) atoms. The van der Waals surface area contributed by atoms with Crippen LogP contribution in [0.15, 0.2) is 30.3 Å². The van der Waals surface area contributed by atoms with Crippen molar-refractivity contribution in [2.75, 3.05) is 16.3 Å². The number of carbonyl (C=O) groups is 1. The molecule has 7 nitrogen and oxygen atoms in total. The monoisotopic (exact) mass is 446 g/mol. The van der Waals surface area contributed by atoms with E-state index in [1.165, 1.54) is 36.9 Å². The van der Waals surface area contributed by atoms with Crippen LogP contribution in [0.2, 0.25) is 0 Å². The van der Waals surface area contributed by atoms with Gasteiger partial charge in [-0.05, 0) is 50.1 Å². The zero-order chi connectivity index (χ0) is 21.3. The lowest BCUT2D eigenvalue weighted by Crippen LogP contribution is -2.14. The molecule has 160 valence electrons. The predicted molar refractivity (Wildman–Crippen MR) is 122 cm³/mol. The van der Waals surface area contributed by atoms with Crippen LogP contribution in [0.5, 0.6) is 0 Å². The normalized spacial score (nSPS) is 15.4. The Bertz CT molecular complexity index is 1160. The smallest absolute Gasteiger partial charge is 0.229 e. The van der Waals surface area contributed by atoms with Crippen molar-refractivity contribution >= 4 is 48.9 Å². The summed E-state index contributed by atoms with van der Waals surface area (Å²) in [4.78, 5) is 14.7. The van der Waals surface area contributed by atoms with Crippen molar-refractivity contribution in [3.8, 4) is 0 Å². The number of nitrogens with one attached hydrogen (secondary N) is 2. The van der Waals surface area contributed by atoms with Crippen LogP contribution in [0.25, 0.3) is 10.2 Å². The molecule has 1 aliphatic rings. The van der Waals surface area contributed by atoms with Crippen molar-refractivity contribution in [3.63, 3.8) is 0 Å². The molecule has 1 saturated carbocycles. The van der Waals surface area contributed by atoms with Crippen molar-refractivity contribution in [2.24, 2.45) is 0 Å². The van der Waals surface area contributed by atoms with Crippen LogP contribution < -0.4 is 10.0 Å². The maximum atomic E-state index is 12.5. The van der Waals surface area contributed by atoms with Gasteiger partial charge in [0, 0.05) is 21.6 Å². The van der Waals surface area contributed by atoms with Gasteiger partial charge in [-0.25, -0.2) is 8.42 Å². The first kappa shape index (κ1) is 20.9. The van der Waals surface area contributed by atoms with Crippen molar-refractivity contribution in [3.05, 3.63) is 40.9 Å². The molecule has 2 N–H and O–H groups in total. The summed E-state index contributed by atoms with van der Waals surface area (Å²) in [7, 11) is -3.32. The van der Waals surface area contributed by atoms with Gasteiger partial charge in [0.1, 0.15) is 4.83 Å². The van der Waals surface area contributed by atoms with E-state index in [0.717, 1.165) is 22.2 Å². The first-order chi connectivity index (χ1) is 14.3. The molecule has 0 radical (unpaired) electrons. The third-order valence-corrected chi connectivity index (χ3v) is 7.08. The maximum Gasteiger partial charge on any atom is 0.229 e. The molecule has 0 aliphatic heterocycles. The van der Waals surface area contributed by atoms with E-state index in [4.69, 9.17) is 5.10 Å². The fourth-order valence-corrected chi connectivity index (χ4v) is 5.77. The van der Waals surface area contributed by atoms with E-state index in [9.17, 15) is 13.2 Å². The molecule has 3 aromatic rings. The summed E-state index contributed by atoms with van der Waals surface area (Å²) >= 11 is 1.65. The van der Waals surface area contributed by atoms with Crippen molar-refractivity contribution in [1.82, 2.24) is 9.78 Å². The highest BCUT2D eigenvalue weighted by Crippen LogP contribution is 2.35. The Morgan fingerprint density at radius 2 is 1.83 bits per heavy atom. The summed E-state index contributed by atoms with van der Waals surface area (Å²) < 4.78 is 27.2. The number of aromatic nitrogens is 2. The summed E-state index contributed by atoms with van der Waals surface area (Å²) in [6.07, 6.45) is 7.56. The minimum Gasteiger partial charge on any atom is -0.326 e. The van der Waals surface area contributed by atoms with Gasteiger partial charge in [-0.2, -0.15) is 5.10 Å². The lowest BCUT2D eigenvalue weighted by Gasteiger charge is -2.22. The molecule has 1 amide bonds. The highest BCUT2D eigenvalue weighted by atomic mass is 32.2. The molecule has 2 aromatic heterocycles. The fourth-order valence-electron chi connectivity index (χ4n) is 3.98. The van der Waals surface area contributed by atoms with Gasteiger partial charge in [0.25, 0.3) is 0 Å². The molecule has 0 bridgehead atoms. The van der Waals surface area contributed by atoms with Gasteiger partial charge in [-0.15, -0.1) is 11.3 Å². The summed E-state index contributed by atoms with van der Waals surface area (Å²) in [5.41, 5.74) is 2.11. The third kappa shape index (κ3) is 4.84. The van der Waals surface area contributed by atoms with Crippen LogP contribution in [-0.4, -0.2) is 30.4 Å². The van der Waals surface area contributed by atoms with Crippen molar-refractivity contribution in [2.45, 2.75) is 51.5 Å². The largest absolute Gasteiger partial charge is 0.326 e. The molecule has 9 heteroatoms. The molecule has 0 saturated heterocycles.